The van der Waals surface area contributed by atoms with Gasteiger partial charge >= 0.3 is 6.03 Å². The summed E-state index contributed by atoms with van der Waals surface area (Å²) in [5.41, 5.74) is 1.22. The molecule has 26 heavy (non-hydrogen) atoms. The topological polar surface area (TPSA) is 69.7 Å². The molecular formula is C19H29N3O3S. The van der Waals surface area contributed by atoms with Gasteiger partial charge in [-0.2, -0.15) is 0 Å². The van der Waals surface area contributed by atoms with E-state index in [1.807, 2.05) is 18.2 Å². The number of nitrogens with one attached hydrogen (secondary N) is 1. The molecular weight excluding hydrogens is 350 g/mol. The maximum atomic E-state index is 12.5. The number of sulfone groups is 1. The molecule has 2 fully saturated rings. The molecule has 144 valence electrons. The maximum absolute atomic E-state index is 12.5. The molecule has 0 unspecified atom stereocenters. The fourth-order valence-corrected chi connectivity index (χ4v) is 4.95. The summed E-state index contributed by atoms with van der Waals surface area (Å²) in [6.45, 7) is 3.22. The molecule has 7 heteroatoms. The quantitative estimate of drug-likeness (QED) is 0.869. The fourth-order valence-electron chi connectivity index (χ4n) is 3.75. The second-order valence-corrected chi connectivity index (χ2v) is 9.51. The van der Waals surface area contributed by atoms with Crippen LogP contribution >= 0.6 is 0 Å². The Bertz CT molecular complexity index is 671. The number of rotatable bonds is 4. The average Bonchev–Trinajstić information content (AvgIpc) is 2.92. The summed E-state index contributed by atoms with van der Waals surface area (Å²) in [4.78, 5) is 16.6. The first kappa shape index (κ1) is 19.2. The van der Waals surface area contributed by atoms with Crippen LogP contribution < -0.4 is 5.32 Å². The van der Waals surface area contributed by atoms with Crippen LogP contribution in [0.25, 0.3) is 0 Å². The van der Waals surface area contributed by atoms with Gasteiger partial charge in [0.25, 0.3) is 0 Å². The third kappa shape index (κ3) is 5.20. The van der Waals surface area contributed by atoms with Gasteiger partial charge in [0.05, 0.1) is 17.5 Å². The Hall–Kier alpha value is -1.60. The Labute approximate surface area is 156 Å². The van der Waals surface area contributed by atoms with Crippen LogP contribution in [-0.4, -0.2) is 68.5 Å². The molecule has 1 N–H and O–H groups in total. The third-order valence-electron chi connectivity index (χ3n) is 5.34. The molecule has 1 aromatic carbocycles. The molecule has 0 aliphatic carbocycles. The van der Waals surface area contributed by atoms with Crippen molar-refractivity contribution in [2.24, 2.45) is 0 Å². The van der Waals surface area contributed by atoms with Gasteiger partial charge in [0.1, 0.15) is 0 Å². The number of likely N-dealkylation sites (tertiary alicyclic amines) is 1. The number of benzene rings is 1. The van der Waals surface area contributed by atoms with Gasteiger partial charge < -0.3 is 10.2 Å². The molecule has 0 bridgehead atoms. The predicted octanol–water partition coefficient (Wildman–Crippen LogP) is 2.04. The van der Waals surface area contributed by atoms with Gasteiger partial charge in [-0.05, 0) is 31.5 Å². The summed E-state index contributed by atoms with van der Waals surface area (Å²) in [6, 6.07) is 10.3. The molecule has 2 saturated heterocycles. The standard InChI is InChI=1S/C19H29N3O3S/c23-19(22-12-14-26(24,25)15-13-22)20-16-18(17-8-4-3-5-9-17)21-10-6-1-2-7-11-21/h3-5,8-9,18H,1-2,6-7,10-16H2,(H,20,23)/t18-/m0/s1. The molecule has 2 heterocycles. The van der Waals surface area contributed by atoms with E-state index in [2.05, 4.69) is 22.3 Å². The second kappa shape index (κ2) is 8.86. The Balaban J connectivity index is 1.63. The lowest BCUT2D eigenvalue weighted by molar-refractivity contribution is 0.180. The number of carbonyl (C=O) groups is 1. The van der Waals surface area contributed by atoms with Crippen molar-refractivity contribution >= 4 is 15.9 Å². The third-order valence-corrected chi connectivity index (χ3v) is 6.95. The summed E-state index contributed by atoms with van der Waals surface area (Å²) in [5.74, 6) is 0.128. The molecule has 0 saturated carbocycles. The van der Waals surface area contributed by atoms with Crippen LogP contribution in [0.4, 0.5) is 4.79 Å². The average molecular weight is 380 g/mol. The lowest BCUT2D eigenvalue weighted by atomic mass is 10.0. The van der Waals surface area contributed by atoms with Gasteiger partial charge in [0, 0.05) is 19.6 Å². The van der Waals surface area contributed by atoms with Crippen LogP contribution in [0.5, 0.6) is 0 Å². The van der Waals surface area contributed by atoms with Crippen LogP contribution in [0, 0.1) is 0 Å². The minimum absolute atomic E-state index is 0.0641. The van der Waals surface area contributed by atoms with Gasteiger partial charge in [-0.25, -0.2) is 13.2 Å². The summed E-state index contributed by atoms with van der Waals surface area (Å²) in [5, 5.41) is 3.05. The number of nitrogens with zero attached hydrogens (tertiary/aromatic N) is 2. The van der Waals surface area contributed by atoms with E-state index < -0.39 is 9.84 Å². The van der Waals surface area contributed by atoms with Crippen molar-refractivity contribution in [2.75, 3.05) is 44.2 Å². The first-order chi connectivity index (χ1) is 12.6. The van der Waals surface area contributed by atoms with Crippen LogP contribution in [0.15, 0.2) is 30.3 Å². The summed E-state index contributed by atoms with van der Waals surface area (Å²) >= 11 is 0. The van der Waals surface area contributed by atoms with E-state index in [4.69, 9.17) is 0 Å². The minimum Gasteiger partial charge on any atom is -0.336 e. The van der Waals surface area contributed by atoms with Crippen molar-refractivity contribution in [1.82, 2.24) is 15.1 Å². The number of hydrogen-bond acceptors (Lipinski definition) is 4. The summed E-state index contributed by atoms with van der Waals surface area (Å²) in [7, 11) is -2.97. The molecule has 0 radical (unpaired) electrons. The highest BCUT2D eigenvalue weighted by molar-refractivity contribution is 7.91. The van der Waals surface area contributed by atoms with E-state index in [1.165, 1.54) is 31.2 Å². The lowest BCUT2D eigenvalue weighted by Gasteiger charge is -2.33. The fraction of sp³-hybridized carbons (Fsp3) is 0.632. The lowest BCUT2D eigenvalue weighted by Crippen LogP contribution is -2.50. The van der Waals surface area contributed by atoms with Gasteiger partial charge in [-0.3, -0.25) is 4.90 Å². The maximum Gasteiger partial charge on any atom is 0.317 e. The van der Waals surface area contributed by atoms with Crippen molar-refractivity contribution in [3.05, 3.63) is 35.9 Å². The first-order valence-corrected chi connectivity index (χ1v) is 11.4. The monoisotopic (exact) mass is 379 g/mol. The van der Waals surface area contributed by atoms with Crippen LogP contribution in [-0.2, 0) is 9.84 Å². The minimum atomic E-state index is -2.97. The van der Waals surface area contributed by atoms with Crippen molar-refractivity contribution < 1.29 is 13.2 Å². The summed E-state index contributed by atoms with van der Waals surface area (Å²) in [6.07, 6.45) is 4.93. The van der Waals surface area contributed by atoms with Crippen molar-refractivity contribution in [3.63, 3.8) is 0 Å². The van der Waals surface area contributed by atoms with Crippen molar-refractivity contribution in [2.45, 2.75) is 31.7 Å². The Morgan fingerprint density at radius 1 is 0.962 bits per heavy atom. The smallest absolute Gasteiger partial charge is 0.317 e. The molecule has 2 aliphatic heterocycles. The van der Waals surface area contributed by atoms with Crippen LogP contribution in [0.3, 0.4) is 0 Å². The van der Waals surface area contributed by atoms with Crippen molar-refractivity contribution in [1.29, 1.82) is 0 Å². The predicted molar refractivity (Wildman–Crippen MR) is 103 cm³/mol. The molecule has 0 spiro atoms. The van der Waals surface area contributed by atoms with E-state index >= 15 is 0 Å². The zero-order chi connectivity index (χ0) is 18.4. The van der Waals surface area contributed by atoms with Crippen molar-refractivity contribution in [3.8, 4) is 0 Å². The van der Waals surface area contributed by atoms with E-state index in [0.29, 0.717) is 6.54 Å². The second-order valence-electron chi connectivity index (χ2n) is 7.20. The first-order valence-electron chi connectivity index (χ1n) is 9.57. The molecule has 0 aromatic heterocycles. The van der Waals surface area contributed by atoms with Crippen LogP contribution in [0.2, 0.25) is 0 Å². The highest BCUT2D eigenvalue weighted by Crippen LogP contribution is 2.23. The van der Waals surface area contributed by atoms with Gasteiger partial charge in [-0.15, -0.1) is 0 Å². The number of amides is 2. The largest absolute Gasteiger partial charge is 0.336 e. The highest BCUT2D eigenvalue weighted by Gasteiger charge is 2.27. The molecule has 3 rings (SSSR count). The molecule has 6 nitrogen and oxygen atoms in total. The Morgan fingerprint density at radius 3 is 2.19 bits per heavy atom. The highest BCUT2D eigenvalue weighted by atomic mass is 32.2. The van der Waals surface area contributed by atoms with E-state index in [-0.39, 0.29) is 36.7 Å². The summed E-state index contributed by atoms with van der Waals surface area (Å²) < 4.78 is 23.1. The SMILES string of the molecule is O=C(NC[C@@H](c1ccccc1)N1CCCCCC1)N1CCS(=O)(=O)CC1. The number of carbonyl (C=O) groups excluding carboxylic acids is 1. The van der Waals surface area contributed by atoms with Gasteiger partial charge in [0.2, 0.25) is 0 Å². The van der Waals surface area contributed by atoms with Gasteiger partial charge in [-0.1, -0.05) is 43.2 Å². The zero-order valence-electron chi connectivity index (χ0n) is 15.3. The Kier molecular flexibility index (Phi) is 6.53. The molecule has 2 amide bonds. The zero-order valence-corrected chi connectivity index (χ0v) is 16.1. The van der Waals surface area contributed by atoms with E-state index in [0.717, 1.165) is 13.1 Å². The molecule has 1 aromatic rings. The van der Waals surface area contributed by atoms with Gasteiger partial charge in [0.15, 0.2) is 9.84 Å². The molecule has 1 atom stereocenters. The Morgan fingerprint density at radius 2 is 1.58 bits per heavy atom. The number of hydrogen-bond donors (Lipinski definition) is 1. The van der Waals surface area contributed by atoms with E-state index in [1.54, 1.807) is 4.90 Å². The molecule has 2 aliphatic rings. The van der Waals surface area contributed by atoms with Crippen LogP contribution in [0.1, 0.15) is 37.3 Å². The number of urea groups is 1. The van der Waals surface area contributed by atoms with E-state index in [9.17, 15) is 13.2 Å². The normalized spacial score (nSPS) is 22.4.